The molecule has 1 rings (SSSR count). The second kappa shape index (κ2) is 7.08. The van der Waals surface area contributed by atoms with Crippen molar-refractivity contribution in [1.29, 1.82) is 0 Å². The van der Waals surface area contributed by atoms with Crippen molar-refractivity contribution in [2.75, 3.05) is 0 Å². The molecule has 0 bridgehead atoms. The molecular formula is C9H13AlClLi. The minimum Gasteiger partial charge on any atom is -1.00 e. The predicted molar refractivity (Wildman–Crippen MR) is 48.3 cm³/mol. The van der Waals surface area contributed by atoms with Gasteiger partial charge in [0.1, 0.15) is 0 Å². The van der Waals surface area contributed by atoms with Gasteiger partial charge in [0.25, 0.3) is 14.1 Å². The van der Waals surface area contributed by atoms with E-state index in [0.717, 1.165) is 0 Å². The van der Waals surface area contributed by atoms with Gasteiger partial charge in [-0.25, -0.2) is 0 Å². The third-order valence-electron chi connectivity index (χ3n) is 1.74. The minimum absolute atomic E-state index is 0. The molecule has 0 aliphatic heterocycles. The van der Waals surface area contributed by atoms with Crippen LogP contribution in [0.15, 0.2) is 24.3 Å². The van der Waals surface area contributed by atoms with Crippen LogP contribution >= 0.6 is 0 Å². The zero-order chi connectivity index (χ0) is 7.56. The molecule has 1 aromatic rings. The fourth-order valence-electron chi connectivity index (χ4n) is 0.951. The number of benzene rings is 1. The summed E-state index contributed by atoms with van der Waals surface area (Å²) in [6.45, 7) is 2.13. The van der Waals surface area contributed by atoms with Crippen LogP contribution in [0, 0.1) is 6.92 Å². The number of hydrogen-bond donors (Lipinski definition) is 0. The van der Waals surface area contributed by atoms with Gasteiger partial charge in [-0.15, -0.1) is 16.0 Å². The molecule has 0 unspecified atom stereocenters. The Kier molecular flexibility index (Phi) is 8.93. The first-order valence-electron chi connectivity index (χ1n) is 3.76. The summed E-state index contributed by atoms with van der Waals surface area (Å²) in [6.07, 6.45) is 0. The van der Waals surface area contributed by atoms with Crippen molar-refractivity contribution in [2.45, 2.75) is 18.5 Å². The van der Waals surface area contributed by atoms with Crippen molar-refractivity contribution in [1.82, 2.24) is 0 Å². The van der Waals surface area contributed by atoms with Crippen molar-refractivity contribution < 1.29 is 31.3 Å². The number of hydrogen-bond acceptors (Lipinski definition) is 0. The Bertz CT molecular complexity index is 208. The van der Waals surface area contributed by atoms with Gasteiger partial charge in [-0.2, -0.15) is 0 Å². The second-order valence-electron chi connectivity index (χ2n) is 3.07. The minimum atomic E-state index is -0.549. The van der Waals surface area contributed by atoms with Gasteiger partial charge in [0.15, 0.2) is 0 Å². The number of aryl methyl sites for hydroxylation is 1. The maximum atomic E-state index is 2.35. The van der Waals surface area contributed by atoms with E-state index in [9.17, 15) is 0 Å². The maximum absolute atomic E-state index is 2.35. The molecule has 0 radical (unpaired) electrons. The molecule has 0 heterocycles. The normalized spacial score (nSPS) is 7.92. The Labute approximate surface area is 97.7 Å². The third kappa shape index (κ3) is 4.61. The number of rotatable bonds is 1. The van der Waals surface area contributed by atoms with E-state index in [2.05, 4.69) is 42.8 Å². The van der Waals surface area contributed by atoms with Crippen molar-refractivity contribution in [3.63, 3.8) is 0 Å². The summed E-state index contributed by atoms with van der Waals surface area (Å²) in [5.41, 5.74) is 1.36. The van der Waals surface area contributed by atoms with Gasteiger partial charge in [-0.3, -0.25) is 0 Å². The quantitative estimate of drug-likeness (QED) is 0.396. The topological polar surface area (TPSA) is 0 Å². The van der Waals surface area contributed by atoms with Gasteiger partial charge in [-0.05, 0) is 6.92 Å². The molecule has 3 heteroatoms. The van der Waals surface area contributed by atoms with Gasteiger partial charge in [-0.1, -0.05) is 29.8 Å². The molecule has 12 heavy (non-hydrogen) atoms. The van der Waals surface area contributed by atoms with E-state index >= 15 is 0 Å². The average Bonchev–Trinajstić information content (AvgIpc) is 1.88. The smallest absolute Gasteiger partial charge is 1.00 e. The van der Waals surface area contributed by atoms with Crippen LogP contribution in [0.3, 0.4) is 0 Å². The van der Waals surface area contributed by atoms with Gasteiger partial charge in [0, 0.05) is 0 Å². The van der Waals surface area contributed by atoms with Crippen molar-refractivity contribution in [3.05, 3.63) is 29.8 Å². The summed E-state index contributed by atoms with van der Waals surface area (Å²) in [7, 11) is 0. The van der Waals surface area contributed by atoms with Crippen molar-refractivity contribution in [2.24, 2.45) is 0 Å². The molecule has 0 aliphatic rings. The molecule has 0 saturated carbocycles. The van der Waals surface area contributed by atoms with Crippen LogP contribution in [0.4, 0.5) is 0 Å². The van der Waals surface area contributed by atoms with E-state index < -0.39 is 14.1 Å². The van der Waals surface area contributed by atoms with Crippen LogP contribution < -0.4 is 35.7 Å². The SMILES string of the molecule is Cc1cc[c]([Al]([CH3])[CH3])cc1.[Cl-].[Li+]. The molecular weight excluding hydrogens is 177 g/mol. The van der Waals surface area contributed by atoms with Crippen LogP contribution in [0.5, 0.6) is 0 Å². The van der Waals surface area contributed by atoms with Crippen molar-refractivity contribution in [3.8, 4) is 0 Å². The Balaban J connectivity index is 0. The van der Waals surface area contributed by atoms with Crippen LogP contribution in [0.2, 0.25) is 11.6 Å². The van der Waals surface area contributed by atoms with Crippen LogP contribution in [-0.4, -0.2) is 14.1 Å². The first kappa shape index (κ1) is 15.1. The molecule has 0 fully saturated rings. The van der Waals surface area contributed by atoms with Crippen LogP contribution in [0.1, 0.15) is 5.56 Å². The molecule has 0 N–H and O–H groups in total. The maximum Gasteiger partial charge on any atom is 1.00 e. The monoisotopic (exact) mass is 190 g/mol. The van der Waals surface area contributed by atoms with Crippen LogP contribution in [0.25, 0.3) is 0 Å². The molecule has 0 saturated heterocycles. The summed E-state index contributed by atoms with van der Waals surface area (Å²) in [4.78, 5) is 0. The molecule has 0 spiro atoms. The predicted octanol–water partition coefficient (Wildman–Crippen LogP) is -4.04. The fraction of sp³-hybridized carbons (Fsp3) is 0.333. The van der Waals surface area contributed by atoms with E-state index in [1.165, 1.54) is 5.56 Å². The molecule has 60 valence electrons. The Hall–Kier alpha value is 0.640. The summed E-state index contributed by atoms with van der Waals surface area (Å²) in [5.74, 6) is 4.70. The summed E-state index contributed by atoms with van der Waals surface area (Å²) >= 11 is -0.549. The largest absolute Gasteiger partial charge is 1.00 e. The van der Waals surface area contributed by atoms with E-state index in [4.69, 9.17) is 0 Å². The zero-order valence-electron chi connectivity index (χ0n) is 8.26. The molecule has 0 atom stereocenters. The molecule has 0 amide bonds. The van der Waals surface area contributed by atoms with E-state index in [0.29, 0.717) is 0 Å². The third-order valence-corrected chi connectivity index (χ3v) is 3.46. The zero-order valence-corrected chi connectivity index (χ0v) is 10.2. The Morgan fingerprint density at radius 3 is 1.75 bits per heavy atom. The average molecular weight is 191 g/mol. The van der Waals surface area contributed by atoms with Crippen LogP contribution in [-0.2, 0) is 0 Å². The molecule has 0 nitrogen and oxygen atoms in total. The van der Waals surface area contributed by atoms with Gasteiger partial charge < -0.3 is 12.4 Å². The van der Waals surface area contributed by atoms with Gasteiger partial charge in [0.2, 0.25) is 0 Å². The standard InChI is InChI=1S/C7H7.2CH3.Al.ClH.Li/c1-7-5-3-2-4-6-7;;;;;/h3-6H,1H3;2*1H3;;1H;/q;;;;;+1/p-1. The van der Waals surface area contributed by atoms with E-state index in [-0.39, 0.29) is 31.3 Å². The second-order valence-corrected chi connectivity index (χ2v) is 6.04. The van der Waals surface area contributed by atoms with E-state index in [1.54, 1.807) is 4.43 Å². The summed E-state index contributed by atoms with van der Waals surface area (Å²) in [6, 6.07) is 8.91. The van der Waals surface area contributed by atoms with Crippen molar-refractivity contribution >= 4 is 18.6 Å². The van der Waals surface area contributed by atoms with Gasteiger partial charge in [0.05, 0.1) is 0 Å². The Morgan fingerprint density at radius 2 is 1.42 bits per heavy atom. The fourth-order valence-corrected chi connectivity index (χ4v) is 1.91. The number of halogens is 1. The van der Waals surface area contributed by atoms with Gasteiger partial charge >= 0.3 is 18.9 Å². The Morgan fingerprint density at radius 1 is 1.00 bits per heavy atom. The summed E-state index contributed by atoms with van der Waals surface area (Å²) in [5, 5.41) is 0. The molecule has 1 aromatic carbocycles. The summed E-state index contributed by atoms with van der Waals surface area (Å²) < 4.78 is 1.56. The molecule has 0 aliphatic carbocycles. The first-order valence-corrected chi connectivity index (χ1v) is 6.65. The molecule has 0 aromatic heterocycles. The first-order chi connectivity index (χ1) is 4.70. The van der Waals surface area contributed by atoms with E-state index in [1.807, 2.05) is 0 Å².